The first kappa shape index (κ1) is 14.4. The highest BCUT2D eigenvalue weighted by molar-refractivity contribution is 6.22. The van der Waals surface area contributed by atoms with E-state index in [1.165, 1.54) is 6.07 Å². The second-order valence-corrected chi connectivity index (χ2v) is 5.22. The van der Waals surface area contributed by atoms with Gasteiger partial charge in [0.15, 0.2) is 0 Å². The Labute approximate surface area is 122 Å². The lowest BCUT2D eigenvalue weighted by atomic mass is 9.79. The molecule has 19 heavy (non-hydrogen) atoms. The van der Waals surface area contributed by atoms with Crippen molar-refractivity contribution in [3.8, 4) is 0 Å². The molecule has 2 nitrogen and oxygen atoms in total. The zero-order valence-electron chi connectivity index (χ0n) is 10.6. The Kier molecular flexibility index (Phi) is 4.48. The summed E-state index contributed by atoms with van der Waals surface area (Å²) >= 11 is 12.2. The maximum Gasteiger partial charge on any atom is 0.127 e. The second kappa shape index (κ2) is 5.93. The van der Waals surface area contributed by atoms with Crippen molar-refractivity contribution in [1.29, 1.82) is 0 Å². The van der Waals surface area contributed by atoms with Crippen LogP contribution in [0.2, 0.25) is 0 Å². The van der Waals surface area contributed by atoms with Crippen LogP contribution in [0.3, 0.4) is 0 Å². The molecule has 0 aliphatic carbocycles. The highest BCUT2D eigenvalue weighted by Gasteiger charge is 2.34. The molecule has 0 aliphatic rings. The van der Waals surface area contributed by atoms with Gasteiger partial charge in [-0.2, -0.15) is 5.10 Å². The number of aromatic nitrogens is 2. The quantitative estimate of drug-likeness (QED) is 0.773. The topological polar surface area (TPSA) is 17.8 Å². The zero-order valence-corrected chi connectivity index (χ0v) is 12.1. The molecule has 0 amide bonds. The molecule has 5 heteroatoms. The summed E-state index contributed by atoms with van der Waals surface area (Å²) in [6, 6.07) is 8.52. The molecule has 0 bridgehead atoms. The highest BCUT2D eigenvalue weighted by atomic mass is 35.5. The largest absolute Gasteiger partial charge is 0.276 e. The van der Waals surface area contributed by atoms with E-state index in [1.807, 2.05) is 19.3 Å². The molecule has 0 radical (unpaired) electrons. The van der Waals surface area contributed by atoms with Crippen molar-refractivity contribution in [3.63, 3.8) is 0 Å². The van der Waals surface area contributed by atoms with Gasteiger partial charge in [0.25, 0.3) is 0 Å². The number of nitrogens with zero attached hydrogens (tertiary/aromatic N) is 2. The van der Waals surface area contributed by atoms with Gasteiger partial charge in [-0.3, -0.25) is 4.68 Å². The van der Waals surface area contributed by atoms with Crippen LogP contribution in [0.1, 0.15) is 11.3 Å². The van der Waals surface area contributed by atoms with E-state index >= 15 is 0 Å². The Morgan fingerprint density at radius 3 is 2.42 bits per heavy atom. The van der Waals surface area contributed by atoms with E-state index in [2.05, 4.69) is 5.10 Å². The molecule has 1 heterocycles. The van der Waals surface area contributed by atoms with Crippen LogP contribution >= 0.6 is 23.2 Å². The molecule has 0 saturated carbocycles. The molecule has 0 spiro atoms. The number of hydrogen-bond acceptors (Lipinski definition) is 1. The molecule has 1 aromatic carbocycles. The predicted octanol–water partition coefficient (Wildman–Crippen LogP) is 3.52. The molecule has 0 atom stereocenters. The third-order valence-electron chi connectivity index (χ3n) is 3.25. The zero-order chi connectivity index (χ0) is 13.9. The van der Waals surface area contributed by atoms with Crippen LogP contribution in [0.25, 0.3) is 0 Å². The molecule has 0 N–H and O–H groups in total. The number of aryl methyl sites for hydroxylation is 1. The number of halogens is 3. The molecule has 2 aromatic rings. The maximum atomic E-state index is 14.0. The lowest BCUT2D eigenvalue weighted by molar-refractivity contribution is 0.483. The first-order chi connectivity index (χ1) is 9.11. The fraction of sp³-hybridized carbons (Fsp3) is 0.357. The van der Waals surface area contributed by atoms with Crippen molar-refractivity contribution in [2.24, 2.45) is 7.05 Å². The van der Waals surface area contributed by atoms with Crippen molar-refractivity contribution in [1.82, 2.24) is 9.78 Å². The number of rotatable bonds is 5. The summed E-state index contributed by atoms with van der Waals surface area (Å²) in [7, 11) is 1.84. The predicted molar refractivity (Wildman–Crippen MR) is 76.4 cm³/mol. The monoisotopic (exact) mass is 300 g/mol. The Balaban J connectivity index is 2.40. The average molecular weight is 301 g/mol. The van der Waals surface area contributed by atoms with Gasteiger partial charge < -0.3 is 0 Å². The number of hydrogen-bond donors (Lipinski definition) is 0. The van der Waals surface area contributed by atoms with Gasteiger partial charge in [0.2, 0.25) is 0 Å². The van der Waals surface area contributed by atoms with E-state index in [4.69, 9.17) is 23.2 Å². The molecule has 2 rings (SSSR count). The Hall–Kier alpha value is -1.06. The molecule has 102 valence electrons. The SMILES string of the molecule is Cn1ccc(CC(CCl)(CCl)c2ccccc2F)n1. The van der Waals surface area contributed by atoms with Gasteiger partial charge in [-0.05, 0) is 17.7 Å². The molecule has 0 aliphatic heterocycles. The molecule has 0 unspecified atom stereocenters. The summed E-state index contributed by atoms with van der Waals surface area (Å²) in [5.41, 5.74) is 0.765. The minimum Gasteiger partial charge on any atom is -0.276 e. The average Bonchev–Trinajstić information content (AvgIpc) is 2.82. The van der Waals surface area contributed by atoms with Crippen LogP contribution in [0.4, 0.5) is 4.39 Å². The van der Waals surface area contributed by atoms with E-state index < -0.39 is 5.41 Å². The normalized spacial score (nSPS) is 11.8. The van der Waals surface area contributed by atoms with Crippen molar-refractivity contribution < 1.29 is 4.39 Å². The third-order valence-corrected chi connectivity index (χ3v) is 4.27. The van der Waals surface area contributed by atoms with Crippen LogP contribution in [-0.2, 0) is 18.9 Å². The van der Waals surface area contributed by atoms with Crippen LogP contribution < -0.4 is 0 Å². The Morgan fingerprint density at radius 2 is 1.89 bits per heavy atom. The lowest BCUT2D eigenvalue weighted by Crippen LogP contribution is -2.34. The Morgan fingerprint density at radius 1 is 1.21 bits per heavy atom. The fourth-order valence-electron chi connectivity index (χ4n) is 2.16. The molecular weight excluding hydrogens is 286 g/mol. The first-order valence-corrected chi connectivity index (χ1v) is 7.04. The van der Waals surface area contributed by atoms with E-state index in [1.54, 1.807) is 22.9 Å². The number of benzene rings is 1. The van der Waals surface area contributed by atoms with Crippen LogP contribution in [-0.4, -0.2) is 21.5 Å². The minimum atomic E-state index is -0.636. The summed E-state index contributed by atoms with van der Waals surface area (Å²) < 4.78 is 15.7. The van der Waals surface area contributed by atoms with E-state index in [0.29, 0.717) is 12.0 Å². The van der Waals surface area contributed by atoms with Crippen molar-refractivity contribution >= 4 is 23.2 Å². The van der Waals surface area contributed by atoms with Crippen LogP contribution in [0.5, 0.6) is 0 Å². The summed E-state index contributed by atoms with van der Waals surface area (Å²) in [5.74, 6) is 0.210. The van der Waals surface area contributed by atoms with E-state index in [9.17, 15) is 4.39 Å². The fourth-order valence-corrected chi connectivity index (χ4v) is 2.93. The smallest absolute Gasteiger partial charge is 0.127 e. The maximum absolute atomic E-state index is 14.0. The second-order valence-electron chi connectivity index (χ2n) is 4.68. The van der Waals surface area contributed by atoms with Gasteiger partial charge in [-0.25, -0.2) is 4.39 Å². The summed E-state index contributed by atoms with van der Waals surface area (Å²) in [5, 5.41) is 4.32. The lowest BCUT2D eigenvalue weighted by Gasteiger charge is -2.29. The van der Waals surface area contributed by atoms with Crippen LogP contribution in [0, 0.1) is 5.82 Å². The molecular formula is C14H15Cl2FN2. The number of alkyl halides is 2. The van der Waals surface area contributed by atoms with Crippen molar-refractivity contribution in [2.75, 3.05) is 11.8 Å². The first-order valence-electron chi connectivity index (χ1n) is 5.97. The van der Waals surface area contributed by atoms with Gasteiger partial charge in [0.1, 0.15) is 5.82 Å². The van der Waals surface area contributed by atoms with Crippen molar-refractivity contribution in [2.45, 2.75) is 11.8 Å². The molecule has 1 aromatic heterocycles. The minimum absolute atomic E-state index is 0.244. The van der Waals surface area contributed by atoms with E-state index in [-0.39, 0.29) is 17.6 Å². The van der Waals surface area contributed by atoms with Gasteiger partial charge in [-0.15, -0.1) is 23.2 Å². The third kappa shape index (κ3) is 2.93. The molecule has 0 saturated heterocycles. The van der Waals surface area contributed by atoms with Gasteiger partial charge in [0, 0.05) is 36.8 Å². The van der Waals surface area contributed by atoms with E-state index in [0.717, 1.165) is 5.69 Å². The Bertz CT molecular complexity index is 550. The molecule has 0 fully saturated rings. The van der Waals surface area contributed by atoms with Gasteiger partial charge >= 0.3 is 0 Å². The van der Waals surface area contributed by atoms with Crippen molar-refractivity contribution in [3.05, 3.63) is 53.6 Å². The van der Waals surface area contributed by atoms with Gasteiger partial charge in [0.05, 0.1) is 5.69 Å². The summed E-state index contributed by atoms with van der Waals surface area (Å²) in [6.45, 7) is 0. The highest BCUT2D eigenvalue weighted by Crippen LogP contribution is 2.32. The summed E-state index contributed by atoms with van der Waals surface area (Å²) in [6.07, 6.45) is 2.37. The standard InChI is InChI=1S/C14H15Cl2FN2/c1-19-7-6-11(18-19)8-14(9-15,10-16)12-4-2-3-5-13(12)17/h2-7H,8-10H2,1H3. The van der Waals surface area contributed by atoms with Crippen LogP contribution in [0.15, 0.2) is 36.5 Å². The summed E-state index contributed by atoms with van der Waals surface area (Å²) in [4.78, 5) is 0. The van der Waals surface area contributed by atoms with Gasteiger partial charge in [-0.1, -0.05) is 18.2 Å².